The second-order valence-electron chi connectivity index (χ2n) is 4.99. The first kappa shape index (κ1) is 13.0. The Morgan fingerprint density at radius 1 is 1.35 bits per heavy atom. The smallest absolute Gasteiger partial charge is 0.124 e. The van der Waals surface area contributed by atoms with Crippen molar-refractivity contribution in [2.24, 2.45) is 5.92 Å². The van der Waals surface area contributed by atoms with Crippen molar-refractivity contribution in [3.8, 4) is 0 Å². The Labute approximate surface area is 111 Å². The van der Waals surface area contributed by atoms with Crippen LogP contribution >= 0.6 is 15.9 Å². The van der Waals surface area contributed by atoms with Crippen molar-refractivity contribution < 1.29 is 4.39 Å². The molecule has 0 bridgehead atoms. The lowest BCUT2D eigenvalue weighted by atomic mass is 9.99. The zero-order valence-electron chi connectivity index (χ0n) is 10.2. The summed E-state index contributed by atoms with van der Waals surface area (Å²) >= 11 is 3.32. The van der Waals surface area contributed by atoms with Gasteiger partial charge in [-0.1, -0.05) is 28.8 Å². The van der Waals surface area contributed by atoms with Crippen molar-refractivity contribution in [3.05, 3.63) is 34.1 Å². The van der Waals surface area contributed by atoms with Crippen molar-refractivity contribution in [3.63, 3.8) is 0 Å². The fraction of sp³-hybridized carbons (Fsp3) is 0.571. The van der Waals surface area contributed by atoms with E-state index in [-0.39, 0.29) is 5.82 Å². The standard InChI is InChI=1S/C14H19BrFN/c1-10(12-4-2-3-5-12)17-9-11-6-13(15)8-14(16)7-11/h6-8,10,12,17H,2-5,9H2,1H3. The quantitative estimate of drug-likeness (QED) is 0.876. The molecule has 0 saturated heterocycles. The molecule has 1 aliphatic carbocycles. The van der Waals surface area contributed by atoms with Crippen LogP contribution in [0.15, 0.2) is 22.7 Å². The molecular weight excluding hydrogens is 281 g/mol. The molecule has 0 heterocycles. The molecule has 1 aliphatic rings. The minimum absolute atomic E-state index is 0.176. The number of hydrogen-bond acceptors (Lipinski definition) is 1. The van der Waals surface area contributed by atoms with Gasteiger partial charge in [0, 0.05) is 17.1 Å². The highest BCUT2D eigenvalue weighted by Gasteiger charge is 2.20. The van der Waals surface area contributed by atoms with E-state index >= 15 is 0 Å². The molecule has 1 aromatic carbocycles. The maximum Gasteiger partial charge on any atom is 0.124 e. The lowest BCUT2D eigenvalue weighted by Gasteiger charge is -2.20. The monoisotopic (exact) mass is 299 g/mol. The van der Waals surface area contributed by atoms with Crippen molar-refractivity contribution in [1.82, 2.24) is 5.32 Å². The van der Waals surface area contributed by atoms with Crippen molar-refractivity contribution in [1.29, 1.82) is 0 Å². The Kier molecular flexibility index (Phi) is 4.57. The molecule has 3 heteroatoms. The molecule has 0 aliphatic heterocycles. The predicted octanol–water partition coefficient (Wildman–Crippen LogP) is 4.26. The molecule has 2 rings (SSSR count). The minimum Gasteiger partial charge on any atom is -0.310 e. The first-order valence-electron chi connectivity index (χ1n) is 6.33. The van der Waals surface area contributed by atoms with Gasteiger partial charge in [0.05, 0.1) is 0 Å². The predicted molar refractivity (Wildman–Crippen MR) is 72.4 cm³/mol. The Hall–Kier alpha value is -0.410. The van der Waals surface area contributed by atoms with Crippen LogP contribution in [-0.4, -0.2) is 6.04 Å². The van der Waals surface area contributed by atoms with E-state index < -0.39 is 0 Å². The van der Waals surface area contributed by atoms with E-state index in [1.54, 1.807) is 6.07 Å². The van der Waals surface area contributed by atoms with Gasteiger partial charge in [0.25, 0.3) is 0 Å². The van der Waals surface area contributed by atoms with Crippen LogP contribution < -0.4 is 5.32 Å². The maximum atomic E-state index is 13.2. The molecular formula is C14H19BrFN. The lowest BCUT2D eigenvalue weighted by Crippen LogP contribution is -2.31. The second-order valence-corrected chi connectivity index (χ2v) is 5.91. The largest absolute Gasteiger partial charge is 0.310 e. The Balaban J connectivity index is 1.88. The van der Waals surface area contributed by atoms with Gasteiger partial charge in [-0.2, -0.15) is 0 Å². The van der Waals surface area contributed by atoms with E-state index in [1.165, 1.54) is 31.7 Å². The Morgan fingerprint density at radius 2 is 2.06 bits per heavy atom. The van der Waals surface area contributed by atoms with Crippen LogP contribution in [0.1, 0.15) is 38.2 Å². The molecule has 1 saturated carbocycles. The second kappa shape index (κ2) is 5.96. The molecule has 94 valence electrons. The van der Waals surface area contributed by atoms with Gasteiger partial charge in [-0.3, -0.25) is 0 Å². The number of hydrogen-bond donors (Lipinski definition) is 1. The van der Waals surface area contributed by atoms with Crippen LogP contribution in [-0.2, 0) is 6.54 Å². The Bertz CT molecular complexity index is 354. The van der Waals surface area contributed by atoms with Crippen LogP contribution in [0.2, 0.25) is 0 Å². The number of nitrogens with one attached hydrogen (secondary N) is 1. The summed E-state index contributed by atoms with van der Waals surface area (Å²) in [6.07, 6.45) is 5.40. The minimum atomic E-state index is -0.176. The van der Waals surface area contributed by atoms with E-state index in [0.29, 0.717) is 6.04 Å². The molecule has 0 amide bonds. The summed E-state index contributed by atoms with van der Waals surface area (Å²) in [6, 6.07) is 5.58. The summed E-state index contributed by atoms with van der Waals surface area (Å²) < 4.78 is 14.0. The molecule has 0 aromatic heterocycles. The fourth-order valence-electron chi connectivity index (χ4n) is 2.62. The van der Waals surface area contributed by atoms with Crippen molar-refractivity contribution in [2.75, 3.05) is 0 Å². The van der Waals surface area contributed by atoms with Gasteiger partial charge < -0.3 is 5.32 Å². The molecule has 1 N–H and O–H groups in total. The summed E-state index contributed by atoms with van der Waals surface area (Å²) in [5, 5.41) is 3.51. The van der Waals surface area contributed by atoms with Gasteiger partial charge in [-0.15, -0.1) is 0 Å². The highest BCUT2D eigenvalue weighted by molar-refractivity contribution is 9.10. The summed E-state index contributed by atoms with van der Waals surface area (Å²) in [4.78, 5) is 0. The number of benzene rings is 1. The van der Waals surface area contributed by atoms with E-state index in [4.69, 9.17) is 0 Å². The third kappa shape index (κ3) is 3.78. The van der Waals surface area contributed by atoms with Crippen LogP contribution in [0.5, 0.6) is 0 Å². The number of halogens is 2. The number of rotatable bonds is 4. The van der Waals surface area contributed by atoms with E-state index in [0.717, 1.165) is 22.5 Å². The molecule has 1 nitrogen and oxygen atoms in total. The summed E-state index contributed by atoms with van der Waals surface area (Å²) in [7, 11) is 0. The van der Waals surface area contributed by atoms with Crippen LogP contribution in [0, 0.1) is 11.7 Å². The third-order valence-electron chi connectivity index (χ3n) is 3.66. The SMILES string of the molecule is CC(NCc1cc(F)cc(Br)c1)C1CCCC1. The lowest BCUT2D eigenvalue weighted by molar-refractivity contribution is 0.380. The summed E-state index contributed by atoms with van der Waals surface area (Å²) in [6.45, 7) is 2.98. The van der Waals surface area contributed by atoms with Gasteiger partial charge in [-0.05, 0) is 49.4 Å². The van der Waals surface area contributed by atoms with Crippen LogP contribution in [0.3, 0.4) is 0 Å². The van der Waals surface area contributed by atoms with Crippen molar-refractivity contribution >= 4 is 15.9 Å². The maximum absolute atomic E-state index is 13.2. The van der Waals surface area contributed by atoms with Gasteiger partial charge in [0.2, 0.25) is 0 Å². The highest BCUT2D eigenvalue weighted by atomic mass is 79.9. The van der Waals surface area contributed by atoms with Crippen molar-refractivity contribution in [2.45, 2.75) is 45.2 Å². The molecule has 0 radical (unpaired) electrons. The molecule has 1 atom stereocenters. The van der Waals surface area contributed by atoms with Gasteiger partial charge in [-0.25, -0.2) is 4.39 Å². The average molecular weight is 300 g/mol. The van der Waals surface area contributed by atoms with E-state index in [2.05, 4.69) is 28.2 Å². The van der Waals surface area contributed by atoms with Gasteiger partial charge in [0.1, 0.15) is 5.82 Å². The zero-order valence-corrected chi connectivity index (χ0v) is 11.8. The van der Waals surface area contributed by atoms with Crippen LogP contribution in [0.4, 0.5) is 4.39 Å². The fourth-order valence-corrected chi connectivity index (χ4v) is 3.13. The molecule has 1 aromatic rings. The average Bonchev–Trinajstić information content (AvgIpc) is 2.78. The normalized spacial score (nSPS) is 18.5. The molecule has 1 unspecified atom stereocenters. The topological polar surface area (TPSA) is 12.0 Å². The molecule has 0 spiro atoms. The molecule has 1 fully saturated rings. The van der Waals surface area contributed by atoms with Gasteiger partial charge >= 0.3 is 0 Å². The first-order chi connectivity index (χ1) is 8.15. The van der Waals surface area contributed by atoms with Gasteiger partial charge in [0.15, 0.2) is 0 Å². The van der Waals surface area contributed by atoms with Crippen LogP contribution in [0.25, 0.3) is 0 Å². The third-order valence-corrected chi connectivity index (χ3v) is 4.12. The van der Waals surface area contributed by atoms with E-state index in [9.17, 15) is 4.39 Å². The summed E-state index contributed by atoms with van der Waals surface area (Å²) in [5.41, 5.74) is 1.00. The zero-order chi connectivity index (χ0) is 12.3. The molecule has 17 heavy (non-hydrogen) atoms. The Morgan fingerprint density at radius 3 is 2.71 bits per heavy atom. The summed E-state index contributed by atoms with van der Waals surface area (Å²) in [5.74, 6) is 0.622. The first-order valence-corrected chi connectivity index (χ1v) is 7.13. The highest BCUT2D eigenvalue weighted by Crippen LogP contribution is 2.27. The van der Waals surface area contributed by atoms with E-state index in [1.807, 2.05) is 6.07 Å².